The van der Waals surface area contributed by atoms with Gasteiger partial charge < -0.3 is 15.1 Å². The van der Waals surface area contributed by atoms with Crippen LogP contribution in [0, 0.1) is 11.8 Å². The molecule has 2 N–H and O–H groups in total. The molecule has 0 radical (unpaired) electrons. The minimum atomic E-state index is -1.18. The van der Waals surface area contributed by atoms with Crippen LogP contribution >= 0.6 is 0 Å². The van der Waals surface area contributed by atoms with Gasteiger partial charge in [-0.05, 0) is 18.6 Å². The molecule has 1 amide bonds. The molecule has 1 aliphatic heterocycles. The van der Waals surface area contributed by atoms with Crippen LogP contribution in [-0.2, 0) is 20.8 Å². The fraction of sp³-hybridized carbons (Fsp3) is 0.429. The number of likely N-dealkylation sites (tertiary alicyclic amines) is 1. The highest BCUT2D eigenvalue weighted by atomic mass is 16.4. The highest BCUT2D eigenvalue weighted by Crippen LogP contribution is 2.24. The van der Waals surface area contributed by atoms with Gasteiger partial charge in [0.25, 0.3) is 0 Å². The van der Waals surface area contributed by atoms with Crippen molar-refractivity contribution < 1.29 is 24.6 Å². The fourth-order valence-electron chi connectivity index (χ4n) is 2.49. The molecule has 1 saturated heterocycles. The summed E-state index contributed by atoms with van der Waals surface area (Å²) in [5.41, 5.74) is 0.606. The van der Waals surface area contributed by atoms with Gasteiger partial charge in [-0.1, -0.05) is 6.07 Å². The van der Waals surface area contributed by atoms with Gasteiger partial charge in [-0.2, -0.15) is 0 Å². The average Bonchev–Trinajstić information content (AvgIpc) is 2.47. The second-order valence-electron chi connectivity index (χ2n) is 5.02. The number of aliphatic carboxylic acids is 2. The van der Waals surface area contributed by atoms with Crippen molar-refractivity contribution in [3.63, 3.8) is 0 Å². The Hall–Kier alpha value is -2.44. The van der Waals surface area contributed by atoms with Gasteiger partial charge in [-0.3, -0.25) is 19.4 Å². The second-order valence-corrected chi connectivity index (χ2v) is 5.02. The lowest BCUT2D eigenvalue weighted by atomic mass is 9.85. The van der Waals surface area contributed by atoms with Gasteiger partial charge in [0.15, 0.2) is 0 Å². The predicted molar refractivity (Wildman–Crippen MR) is 71.4 cm³/mol. The molecule has 1 aromatic heterocycles. The number of amides is 1. The molecule has 7 nitrogen and oxygen atoms in total. The van der Waals surface area contributed by atoms with Crippen LogP contribution in [-0.4, -0.2) is 51.0 Å². The molecule has 0 aromatic carbocycles. The summed E-state index contributed by atoms with van der Waals surface area (Å²) < 4.78 is 0. The van der Waals surface area contributed by atoms with Gasteiger partial charge in [0.2, 0.25) is 5.91 Å². The number of aromatic nitrogens is 1. The maximum atomic E-state index is 12.2. The summed E-state index contributed by atoms with van der Waals surface area (Å²) in [6.45, 7) is 0.185. The van der Waals surface area contributed by atoms with Crippen molar-refractivity contribution in [2.24, 2.45) is 11.8 Å². The molecule has 21 heavy (non-hydrogen) atoms. The zero-order chi connectivity index (χ0) is 15.4. The Morgan fingerprint density at radius 3 is 2.48 bits per heavy atom. The number of nitrogens with zero attached hydrogens (tertiary/aromatic N) is 2. The molecule has 1 aromatic rings. The Morgan fingerprint density at radius 1 is 1.19 bits per heavy atom. The van der Waals surface area contributed by atoms with Crippen molar-refractivity contribution in [3.05, 3.63) is 30.1 Å². The molecule has 1 fully saturated rings. The molecule has 2 atom stereocenters. The Kier molecular flexibility index (Phi) is 4.52. The first-order valence-electron chi connectivity index (χ1n) is 6.62. The maximum absolute atomic E-state index is 12.2. The van der Waals surface area contributed by atoms with Crippen molar-refractivity contribution in [2.75, 3.05) is 13.1 Å². The standard InChI is InChI=1S/C14H16N2O5/c17-12(7-9-3-1-2-5-15-9)16-6-4-10(13(18)19)11(8-16)14(20)21/h1-3,5,10-11H,4,6-8H2,(H,18,19)(H,20,21). The van der Waals surface area contributed by atoms with Crippen LogP contribution in [0.2, 0.25) is 0 Å². The van der Waals surface area contributed by atoms with Gasteiger partial charge in [0.1, 0.15) is 0 Å². The van der Waals surface area contributed by atoms with E-state index in [2.05, 4.69) is 4.98 Å². The first-order valence-corrected chi connectivity index (χ1v) is 6.62. The molecule has 2 heterocycles. The highest BCUT2D eigenvalue weighted by molar-refractivity contribution is 5.83. The van der Waals surface area contributed by atoms with E-state index in [1.165, 1.54) is 4.90 Å². The smallest absolute Gasteiger partial charge is 0.309 e. The molecule has 112 valence electrons. The van der Waals surface area contributed by atoms with Crippen LogP contribution in [0.3, 0.4) is 0 Å². The molecule has 7 heteroatoms. The summed E-state index contributed by atoms with van der Waals surface area (Å²) in [4.78, 5) is 39.9. The van der Waals surface area contributed by atoms with E-state index in [0.29, 0.717) is 5.69 Å². The fourth-order valence-corrected chi connectivity index (χ4v) is 2.49. The molecular weight excluding hydrogens is 276 g/mol. The van der Waals surface area contributed by atoms with Gasteiger partial charge in [0.05, 0.1) is 18.3 Å². The number of carbonyl (C=O) groups excluding carboxylic acids is 1. The molecule has 0 aliphatic carbocycles. The number of piperidine rings is 1. The van der Waals surface area contributed by atoms with Crippen LogP contribution in [0.4, 0.5) is 0 Å². The Balaban J connectivity index is 2.03. The molecule has 2 unspecified atom stereocenters. The van der Waals surface area contributed by atoms with Gasteiger partial charge >= 0.3 is 11.9 Å². The van der Waals surface area contributed by atoms with Crippen molar-refractivity contribution >= 4 is 17.8 Å². The predicted octanol–water partition coefficient (Wildman–Crippen LogP) is 0.258. The van der Waals surface area contributed by atoms with Crippen LogP contribution in [0.25, 0.3) is 0 Å². The number of carboxylic acids is 2. The third-order valence-corrected chi connectivity index (χ3v) is 3.66. The highest BCUT2D eigenvalue weighted by Gasteiger charge is 2.39. The lowest BCUT2D eigenvalue weighted by Crippen LogP contribution is -2.49. The molecule has 0 bridgehead atoms. The van der Waals surface area contributed by atoms with Gasteiger partial charge in [-0.25, -0.2) is 0 Å². The number of pyridine rings is 1. The van der Waals surface area contributed by atoms with E-state index in [1.807, 2.05) is 0 Å². The topological polar surface area (TPSA) is 108 Å². The second kappa shape index (κ2) is 6.34. The number of carboxylic acid groups (broad SMARTS) is 2. The summed E-state index contributed by atoms with van der Waals surface area (Å²) in [5.74, 6) is -4.55. The van der Waals surface area contributed by atoms with E-state index in [0.717, 1.165) is 0 Å². The summed E-state index contributed by atoms with van der Waals surface area (Å²) >= 11 is 0. The number of hydrogen-bond acceptors (Lipinski definition) is 4. The summed E-state index contributed by atoms with van der Waals surface area (Å²) in [6, 6.07) is 5.23. The SMILES string of the molecule is O=C(O)C1CCN(C(=O)Cc2ccccn2)CC1C(=O)O. The minimum absolute atomic E-state index is 0.0715. The largest absolute Gasteiger partial charge is 0.481 e. The monoisotopic (exact) mass is 292 g/mol. The van der Waals surface area contributed by atoms with Gasteiger partial charge in [0, 0.05) is 25.0 Å². The summed E-state index contributed by atoms with van der Waals surface area (Å²) in [7, 11) is 0. The number of rotatable bonds is 4. The summed E-state index contributed by atoms with van der Waals surface area (Å²) in [6.07, 6.45) is 1.82. The lowest BCUT2D eigenvalue weighted by molar-refractivity contribution is -0.159. The minimum Gasteiger partial charge on any atom is -0.481 e. The third kappa shape index (κ3) is 3.56. The van der Waals surface area contributed by atoms with Crippen LogP contribution in [0.5, 0.6) is 0 Å². The van der Waals surface area contributed by atoms with Crippen molar-refractivity contribution in [1.82, 2.24) is 9.88 Å². The Morgan fingerprint density at radius 2 is 1.90 bits per heavy atom. The first-order chi connectivity index (χ1) is 9.99. The van der Waals surface area contributed by atoms with E-state index in [4.69, 9.17) is 10.2 Å². The number of carbonyl (C=O) groups is 3. The van der Waals surface area contributed by atoms with Crippen molar-refractivity contribution in [2.45, 2.75) is 12.8 Å². The van der Waals surface area contributed by atoms with Crippen molar-refractivity contribution in [1.29, 1.82) is 0 Å². The van der Waals surface area contributed by atoms with Crippen molar-refractivity contribution in [3.8, 4) is 0 Å². The molecular formula is C14H16N2O5. The Bertz CT molecular complexity index is 546. The van der Waals surface area contributed by atoms with E-state index < -0.39 is 23.8 Å². The molecule has 0 saturated carbocycles. The van der Waals surface area contributed by atoms with Gasteiger partial charge in [-0.15, -0.1) is 0 Å². The van der Waals surface area contributed by atoms with E-state index in [9.17, 15) is 14.4 Å². The molecule has 0 spiro atoms. The lowest BCUT2D eigenvalue weighted by Gasteiger charge is -2.34. The van der Waals surface area contributed by atoms with E-state index in [1.54, 1.807) is 24.4 Å². The van der Waals surface area contributed by atoms with Crippen LogP contribution in [0.15, 0.2) is 24.4 Å². The van der Waals surface area contributed by atoms with Crippen LogP contribution < -0.4 is 0 Å². The van der Waals surface area contributed by atoms with Crippen LogP contribution in [0.1, 0.15) is 12.1 Å². The zero-order valence-electron chi connectivity index (χ0n) is 11.3. The Labute approximate surface area is 121 Å². The van der Waals surface area contributed by atoms with E-state index in [-0.39, 0.29) is 31.8 Å². The first kappa shape index (κ1) is 15.0. The molecule has 2 rings (SSSR count). The maximum Gasteiger partial charge on any atom is 0.309 e. The quantitative estimate of drug-likeness (QED) is 0.824. The number of hydrogen-bond donors (Lipinski definition) is 2. The molecule has 1 aliphatic rings. The third-order valence-electron chi connectivity index (χ3n) is 3.66. The summed E-state index contributed by atoms with van der Waals surface area (Å²) in [5, 5.41) is 18.2. The zero-order valence-corrected chi connectivity index (χ0v) is 11.3. The normalized spacial score (nSPS) is 21.8. The van der Waals surface area contributed by atoms with E-state index >= 15 is 0 Å². The average molecular weight is 292 g/mol.